The molecule has 0 bridgehead atoms. The van der Waals surface area contributed by atoms with Crippen LogP contribution in [0.3, 0.4) is 0 Å². The van der Waals surface area contributed by atoms with Gasteiger partial charge in [-0.1, -0.05) is 18.2 Å². The fraction of sp³-hybridized carbons (Fsp3) is 0.214. The van der Waals surface area contributed by atoms with Crippen LogP contribution in [0.1, 0.15) is 18.0 Å². The number of alkyl carbamates (subject to hydrolysis) is 1. The summed E-state index contributed by atoms with van der Waals surface area (Å²) in [5.41, 5.74) is 1.06. The molecule has 1 heterocycles. The first kappa shape index (κ1) is 13.5. The molecule has 1 saturated heterocycles. The molecular formula is C14H14ClNO3. The Morgan fingerprint density at radius 2 is 1.89 bits per heavy atom. The van der Waals surface area contributed by atoms with Crippen molar-refractivity contribution in [2.24, 2.45) is 0 Å². The van der Waals surface area contributed by atoms with Crippen molar-refractivity contribution < 1.29 is 14.6 Å². The number of phenolic OH excluding ortho intramolecular Hbond substituents is 1. The molecule has 1 fully saturated rings. The summed E-state index contributed by atoms with van der Waals surface area (Å²) in [6.45, 7) is 0.449. The second kappa shape index (κ2) is 5.36. The van der Waals surface area contributed by atoms with Crippen LogP contribution in [0.2, 0.25) is 0 Å². The molecule has 1 atom stereocenters. The SMILES string of the molecule is Cl.O=C1N[C@H](c2ccc3cc(O)ccc3c2)CCO1. The van der Waals surface area contributed by atoms with E-state index in [2.05, 4.69) is 5.32 Å². The third-order valence-electron chi connectivity index (χ3n) is 3.18. The molecule has 5 heteroatoms. The number of fused-ring (bicyclic) bond motifs is 1. The number of hydrogen-bond donors (Lipinski definition) is 2. The molecule has 1 aliphatic rings. The molecule has 1 aliphatic heterocycles. The van der Waals surface area contributed by atoms with Crippen LogP contribution in [0.4, 0.5) is 4.79 Å². The van der Waals surface area contributed by atoms with Crippen LogP contribution in [0.15, 0.2) is 36.4 Å². The van der Waals surface area contributed by atoms with Gasteiger partial charge < -0.3 is 15.2 Å². The minimum absolute atomic E-state index is 0. The number of carbonyl (C=O) groups excluding carboxylic acids is 1. The highest BCUT2D eigenvalue weighted by Crippen LogP contribution is 2.26. The summed E-state index contributed by atoms with van der Waals surface area (Å²) in [6.07, 6.45) is 0.409. The van der Waals surface area contributed by atoms with E-state index < -0.39 is 0 Å². The third kappa shape index (κ3) is 2.74. The normalized spacial score (nSPS) is 18.3. The summed E-state index contributed by atoms with van der Waals surface area (Å²) >= 11 is 0. The highest BCUT2D eigenvalue weighted by Gasteiger charge is 2.20. The van der Waals surface area contributed by atoms with Gasteiger partial charge in [-0.2, -0.15) is 0 Å². The van der Waals surface area contributed by atoms with Gasteiger partial charge in [0.15, 0.2) is 0 Å². The van der Waals surface area contributed by atoms with Gasteiger partial charge in [-0.15, -0.1) is 12.4 Å². The van der Waals surface area contributed by atoms with Gasteiger partial charge in [0.2, 0.25) is 0 Å². The quantitative estimate of drug-likeness (QED) is 0.843. The van der Waals surface area contributed by atoms with E-state index in [0.29, 0.717) is 6.61 Å². The topological polar surface area (TPSA) is 58.6 Å². The molecule has 0 saturated carbocycles. The van der Waals surface area contributed by atoms with Crippen LogP contribution < -0.4 is 5.32 Å². The first-order valence-electron chi connectivity index (χ1n) is 5.88. The lowest BCUT2D eigenvalue weighted by atomic mass is 9.99. The predicted octanol–water partition coefficient (Wildman–Crippen LogP) is 3.14. The van der Waals surface area contributed by atoms with Gasteiger partial charge in [0, 0.05) is 6.42 Å². The van der Waals surface area contributed by atoms with E-state index in [1.165, 1.54) is 0 Å². The summed E-state index contributed by atoms with van der Waals surface area (Å²) in [7, 11) is 0. The van der Waals surface area contributed by atoms with Crippen LogP contribution in [-0.4, -0.2) is 17.8 Å². The van der Waals surface area contributed by atoms with Crippen LogP contribution in [0.5, 0.6) is 5.75 Å². The van der Waals surface area contributed by atoms with Gasteiger partial charge in [0.05, 0.1) is 12.6 Å². The molecule has 100 valence electrons. The Hall–Kier alpha value is -1.94. The van der Waals surface area contributed by atoms with Crippen molar-refractivity contribution in [3.63, 3.8) is 0 Å². The average molecular weight is 280 g/mol. The number of amides is 1. The van der Waals surface area contributed by atoms with Crippen molar-refractivity contribution >= 4 is 29.3 Å². The van der Waals surface area contributed by atoms with Gasteiger partial charge in [-0.3, -0.25) is 0 Å². The van der Waals surface area contributed by atoms with Gasteiger partial charge in [0.25, 0.3) is 0 Å². The molecule has 0 spiro atoms. The van der Waals surface area contributed by atoms with E-state index >= 15 is 0 Å². The van der Waals surface area contributed by atoms with E-state index in [4.69, 9.17) is 4.74 Å². The Morgan fingerprint density at radius 1 is 1.16 bits per heavy atom. The summed E-state index contributed by atoms with van der Waals surface area (Å²) < 4.78 is 4.85. The number of nitrogens with one attached hydrogen (secondary N) is 1. The van der Waals surface area contributed by atoms with Crippen LogP contribution in [-0.2, 0) is 4.74 Å². The van der Waals surface area contributed by atoms with Crippen LogP contribution >= 0.6 is 12.4 Å². The smallest absolute Gasteiger partial charge is 0.407 e. The Balaban J connectivity index is 0.00000133. The largest absolute Gasteiger partial charge is 0.508 e. The number of carbonyl (C=O) groups is 1. The van der Waals surface area contributed by atoms with Gasteiger partial charge in [-0.25, -0.2) is 4.79 Å². The molecular weight excluding hydrogens is 266 g/mol. The standard InChI is InChI=1S/C14H13NO3.ClH/c16-12-4-3-9-7-11(2-1-10(9)8-12)13-5-6-18-14(17)15-13;/h1-4,7-8,13,16H,5-6H2,(H,15,17);1H/t13-;/m0./s1. The number of halogens is 1. The van der Waals surface area contributed by atoms with Crippen molar-refractivity contribution in [2.45, 2.75) is 12.5 Å². The van der Waals surface area contributed by atoms with Gasteiger partial charge >= 0.3 is 6.09 Å². The molecule has 0 radical (unpaired) electrons. The molecule has 3 rings (SSSR count). The number of cyclic esters (lactones) is 1. The second-order valence-corrected chi connectivity index (χ2v) is 4.41. The van der Waals surface area contributed by atoms with E-state index in [1.54, 1.807) is 12.1 Å². The van der Waals surface area contributed by atoms with E-state index in [-0.39, 0.29) is 30.3 Å². The van der Waals surface area contributed by atoms with Crippen molar-refractivity contribution in [3.8, 4) is 5.75 Å². The molecule has 0 aliphatic carbocycles. The molecule has 0 aromatic heterocycles. The second-order valence-electron chi connectivity index (χ2n) is 4.41. The zero-order chi connectivity index (χ0) is 12.5. The van der Waals surface area contributed by atoms with Gasteiger partial charge in [-0.05, 0) is 34.5 Å². The maximum Gasteiger partial charge on any atom is 0.407 e. The van der Waals surface area contributed by atoms with Crippen LogP contribution in [0.25, 0.3) is 10.8 Å². The molecule has 0 unspecified atom stereocenters. The lowest BCUT2D eigenvalue weighted by molar-refractivity contribution is 0.115. The Bertz CT molecular complexity index is 615. The lowest BCUT2D eigenvalue weighted by Gasteiger charge is -2.23. The monoisotopic (exact) mass is 279 g/mol. The van der Waals surface area contributed by atoms with Crippen molar-refractivity contribution in [3.05, 3.63) is 42.0 Å². The fourth-order valence-electron chi connectivity index (χ4n) is 2.24. The molecule has 2 aromatic carbocycles. The molecule has 2 N–H and O–H groups in total. The number of rotatable bonds is 1. The number of ether oxygens (including phenoxy) is 1. The van der Waals surface area contributed by atoms with Gasteiger partial charge in [0.1, 0.15) is 5.75 Å². The highest BCUT2D eigenvalue weighted by molar-refractivity contribution is 5.85. The summed E-state index contributed by atoms with van der Waals surface area (Å²) in [6, 6.07) is 11.2. The predicted molar refractivity (Wildman–Crippen MR) is 74.7 cm³/mol. The number of phenols is 1. The number of benzene rings is 2. The minimum Gasteiger partial charge on any atom is -0.508 e. The minimum atomic E-state index is -0.364. The fourth-order valence-corrected chi connectivity index (χ4v) is 2.24. The molecule has 19 heavy (non-hydrogen) atoms. The highest BCUT2D eigenvalue weighted by atomic mass is 35.5. The number of aromatic hydroxyl groups is 1. The van der Waals surface area contributed by atoms with Crippen molar-refractivity contribution in [1.29, 1.82) is 0 Å². The molecule has 1 amide bonds. The maximum atomic E-state index is 11.2. The maximum absolute atomic E-state index is 11.2. The summed E-state index contributed by atoms with van der Waals surface area (Å²) in [5.74, 6) is 0.259. The third-order valence-corrected chi connectivity index (χ3v) is 3.18. The zero-order valence-electron chi connectivity index (χ0n) is 10.1. The number of hydrogen-bond acceptors (Lipinski definition) is 3. The summed E-state index contributed by atoms with van der Waals surface area (Å²) in [5, 5.41) is 14.2. The Labute approximate surface area is 116 Å². The Morgan fingerprint density at radius 3 is 2.68 bits per heavy atom. The molecule has 4 nitrogen and oxygen atoms in total. The first-order valence-corrected chi connectivity index (χ1v) is 5.88. The van der Waals surface area contributed by atoms with Crippen molar-refractivity contribution in [2.75, 3.05) is 6.61 Å². The first-order chi connectivity index (χ1) is 8.72. The van der Waals surface area contributed by atoms with E-state index in [1.807, 2.05) is 24.3 Å². The molecule has 2 aromatic rings. The van der Waals surface area contributed by atoms with Crippen molar-refractivity contribution in [1.82, 2.24) is 5.32 Å². The zero-order valence-corrected chi connectivity index (χ0v) is 10.9. The van der Waals surface area contributed by atoms with Crippen LogP contribution in [0, 0.1) is 0 Å². The Kier molecular flexibility index (Phi) is 3.81. The van der Waals surface area contributed by atoms with E-state index in [9.17, 15) is 9.90 Å². The van der Waals surface area contributed by atoms with E-state index in [0.717, 1.165) is 22.8 Å². The average Bonchev–Trinajstić information content (AvgIpc) is 2.38. The summed E-state index contributed by atoms with van der Waals surface area (Å²) in [4.78, 5) is 11.2. The lowest BCUT2D eigenvalue weighted by Crippen LogP contribution is -2.35.